The summed E-state index contributed by atoms with van der Waals surface area (Å²) < 4.78 is 3.48. The van der Waals surface area contributed by atoms with Gasteiger partial charge in [-0.3, -0.25) is 0 Å². The smallest absolute Gasteiger partial charge is 0.106 e. The van der Waals surface area contributed by atoms with Crippen molar-refractivity contribution in [1.29, 1.82) is 0 Å². The molecule has 0 N–H and O–H groups in total. The van der Waals surface area contributed by atoms with E-state index in [1.54, 1.807) is 0 Å². The number of rotatable bonds is 10. The first-order chi connectivity index (χ1) is 13.1. The van der Waals surface area contributed by atoms with Crippen molar-refractivity contribution in [2.24, 2.45) is 0 Å². The number of nitrogens with zero attached hydrogens (tertiary/aromatic N) is 2. The predicted octanol–water partition coefficient (Wildman–Crippen LogP) is 3.24. The molecule has 0 unspecified atom stereocenters. The fourth-order valence-corrected chi connectivity index (χ4v) is 4.04. The van der Waals surface area contributed by atoms with Gasteiger partial charge >= 0.3 is 0 Å². The van der Waals surface area contributed by atoms with Gasteiger partial charge in [0.05, 0.1) is 20.6 Å². The Kier molecular flexibility index (Phi) is 9.03. The minimum Gasteiger partial charge on any atom is -1.00 e. The molecule has 3 heteroatoms. The van der Waals surface area contributed by atoms with Gasteiger partial charge in [0.25, 0.3) is 0 Å². The first-order valence-electron chi connectivity index (χ1n) is 10.5. The van der Waals surface area contributed by atoms with Crippen LogP contribution in [0, 0.1) is 0 Å². The number of halogens is 1. The highest BCUT2D eigenvalue weighted by molar-refractivity contribution is 5.83. The summed E-state index contributed by atoms with van der Waals surface area (Å²) >= 11 is 0. The Labute approximate surface area is 188 Å². The first-order valence-corrected chi connectivity index (χ1v) is 10.5. The van der Waals surface area contributed by atoms with E-state index in [2.05, 4.69) is 86.4 Å². The largest absolute Gasteiger partial charge is 1.00 e. The van der Waals surface area contributed by atoms with Crippen LogP contribution in [-0.2, 0) is 13.1 Å². The molecule has 3 rings (SSSR count). The summed E-state index contributed by atoms with van der Waals surface area (Å²) in [6.45, 7) is 5.56. The lowest BCUT2D eigenvalue weighted by Gasteiger charge is -2.29. The lowest BCUT2D eigenvalue weighted by atomic mass is 10.1. The average molecular weight is 490 g/mol. The van der Waals surface area contributed by atoms with E-state index in [-0.39, 0.29) is 24.0 Å². The van der Waals surface area contributed by atoms with Crippen molar-refractivity contribution < 1.29 is 28.5 Å². The van der Waals surface area contributed by atoms with Crippen LogP contribution in [0.1, 0.15) is 50.2 Å². The van der Waals surface area contributed by atoms with Crippen molar-refractivity contribution in [2.45, 2.75) is 52.1 Å². The van der Waals surface area contributed by atoms with E-state index in [4.69, 9.17) is 0 Å². The second kappa shape index (κ2) is 11.0. The third kappa shape index (κ3) is 6.35. The summed E-state index contributed by atoms with van der Waals surface area (Å²) in [6.07, 6.45) is 9.15. The molecule has 1 aromatic heterocycles. The molecule has 2 aromatic carbocycles. The molecule has 28 heavy (non-hydrogen) atoms. The van der Waals surface area contributed by atoms with Gasteiger partial charge in [-0.1, -0.05) is 74.7 Å². The van der Waals surface area contributed by atoms with Gasteiger partial charge in [0, 0.05) is 29.2 Å². The molecule has 152 valence electrons. The molecule has 2 nitrogen and oxygen atoms in total. The second-order valence-electron chi connectivity index (χ2n) is 8.52. The van der Waals surface area contributed by atoms with Crippen LogP contribution in [0.5, 0.6) is 0 Å². The molecule has 0 saturated heterocycles. The summed E-state index contributed by atoms with van der Waals surface area (Å²) in [4.78, 5) is 0. The fraction of sp³-hybridized carbons (Fsp3) is 0.440. The minimum atomic E-state index is 0. The van der Waals surface area contributed by atoms with Gasteiger partial charge < -0.3 is 33.0 Å². The van der Waals surface area contributed by atoms with Crippen LogP contribution in [0.2, 0.25) is 0 Å². The molecule has 3 aromatic rings. The molecule has 0 aliphatic heterocycles. The molecular formula is C25H35IN2. The number of hydrogen-bond acceptors (Lipinski definition) is 0. The number of para-hydroxylation sites is 1. The van der Waals surface area contributed by atoms with Crippen LogP contribution < -0.4 is 24.0 Å². The number of fused-ring (bicyclic) bond motifs is 1. The van der Waals surface area contributed by atoms with Crippen molar-refractivity contribution >= 4 is 10.9 Å². The zero-order chi connectivity index (χ0) is 19.1. The second-order valence-corrected chi connectivity index (χ2v) is 8.52. The monoisotopic (exact) mass is 490 g/mol. The molecule has 0 fully saturated rings. The highest BCUT2D eigenvalue weighted by atomic mass is 127. The SMILES string of the molecule is CCCCCCC[N+](C)(C)Cc1cn(Cc2ccccc2)c2ccccc12.[I-]. The highest BCUT2D eigenvalue weighted by Gasteiger charge is 2.19. The maximum Gasteiger partial charge on any atom is 0.106 e. The number of quaternary nitrogens is 1. The van der Waals surface area contributed by atoms with Crippen LogP contribution >= 0.6 is 0 Å². The average Bonchev–Trinajstić information content (AvgIpc) is 2.99. The molecule has 0 amide bonds. The van der Waals surface area contributed by atoms with E-state index in [9.17, 15) is 0 Å². The molecule has 0 aliphatic rings. The normalized spacial score (nSPS) is 11.5. The van der Waals surface area contributed by atoms with Crippen LogP contribution in [-0.4, -0.2) is 29.7 Å². The van der Waals surface area contributed by atoms with E-state index < -0.39 is 0 Å². The van der Waals surface area contributed by atoms with Crippen molar-refractivity contribution in [3.63, 3.8) is 0 Å². The van der Waals surface area contributed by atoms with E-state index in [0.29, 0.717) is 0 Å². The zero-order valence-electron chi connectivity index (χ0n) is 17.7. The highest BCUT2D eigenvalue weighted by Crippen LogP contribution is 2.25. The van der Waals surface area contributed by atoms with E-state index in [1.807, 2.05) is 0 Å². The van der Waals surface area contributed by atoms with Gasteiger partial charge in [-0.05, 0) is 24.5 Å². The molecule has 0 atom stereocenters. The van der Waals surface area contributed by atoms with Gasteiger partial charge in [-0.25, -0.2) is 0 Å². The Balaban J connectivity index is 0.00000280. The summed E-state index contributed by atoms with van der Waals surface area (Å²) in [7, 11) is 4.76. The fourth-order valence-electron chi connectivity index (χ4n) is 4.04. The van der Waals surface area contributed by atoms with Crippen molar-refractivity contribution in [1.82, 2.24) is 4.57 Å². The molecule has 0 spiro atoms. The summed E-state index contributed by atoms with van der Waals surface area (Å²) in [5.41, 5.74) is 4.17. The lowest BCUT2D eigenvalue weighted by Crippen LogP contribution is -3.00. The Hall–Kier alpha value is -1.33. The van der Waals surface area contributed by atoms with Crippen molar-refractivity contribution in [2.75, 3.05) is 20.6 Å². The maximum absolute atomic E-state index is 2.42. The van der Waals surface area contributed by atoms with Gasteiger partial charge in [0.2, 0.25) is 0 Å². The van der Waals surface area contributed by atoms with Crippen LogP contribution in [0.25, 0.3) is 10.9 Å². The van der Waals surface area contributed by atoms with E-state index in [0.717, 1.165) is 17.6 Å². The van der Waals surface area contributed by atoms with Gasteiger partial charge in [-0.2, -0.15) is 0 Å². The zero-order valence-corrected chi connectivity index (χ0v) is 19.9. The van der Waals surface area contributed by atoms with Crippen molar-refractivity contribution in [3.05, 3.63) is 71.9 Å². The number of unbranched alkanes of at least 4 members (excludes halogenated alkanes) is 4. The summed E-state index contributed by atoms with van der Waals surface area (Å²) in [6, 6.07) is 19.6. The number of benzene rings is 2. The summed E-state index contributed by atoms with van der Waals surface area (Å²) in [5, 5.41) is 1.41. The van der Waals surface area contributed by atoms with Gasteiger partial charge in [-0.15, -0.1) is 0 Å². The van der Waals surface area contributed by atoms with Crippen LogP contribution in [0.15, 0.2) is 60.8 Å². The molecule has 0 bridgehead atoms. The minimum absolute atomic E-state index is 0. The lowest BCUT2D eigenvalue weighted by molar-refractivity contribution is -0.903. The third-order valence-electron chi connectivity index (χ3n) is 5.53. The maximum atomic E-state index is 2.42. The third-order valence-corrected chi connectivity index (χ3v) is 5.53. The summed E-state index contributed by atoms with van der Waals surface area (Å²) in [5.74, 6) is 0. The molecule has 1 heterocycles. The van der Waals surface area contributed by atoms with E-state index >= 15 is 0 Å². The molecule has 0 aliphatic carbocycles. The predicted molar refractivity (Wildman–Crippen MR) is 117 cm³/mol. The topological polar surface area (TPSA) is 4.93 Å². The number of hydrogen-bond donors (Lipinski definition) is 0. The Morgan fingerprint density at radius 2 is 1.50 bits per heavy atom. The first kappa shape index (κ1) is 23.0. The molecular weight excluding hydrogens is 455 g/mol. The van der Waals surface area contributed by atoms with Gasteiger partial charge in [0.1, 0.15) is 6.54 Å². The van der Waals surface area contributed by atoms with E-state index in [1.165, 1.54) is 60.7 Å². The molecule has 0 saturated carbocycles. The Morgan fingerprint density at radius 3 is 2.25 bits per heavy atom. The number of aromatic nitrogens is 1. The Bertz CT molecular complexity index is 836. The van der Waals surface area contributed by atoms with Crippen LogP contribution in [0.3, 0.4) is 0 Å². The standard InChI is InChI=1S/C25H35N2.HI/c1-4-5-6-7-13-18-27(2,3)21-23-20-26(19-22-14-9-8-10-15-22)25-17-12-11-16-24(23)25;/h8-12,14-17,20H,4-7,13,18-19,21H2,1-3H3;1H/q+1;/p-1. The molecule has 0 radical (unpaired) electrons. The van der Waals surface area contributed by atoms with Crippen molar-refractivity contribution in [3.8, 4) is 0 Å². The van der Waals surface area contributed by atoms with Gasteiger partial charge in [0.15, 0.2) is 0 Å². The van der Waals surface area contributed by atoms with Crippen LogP contribution in [0.4, 0.5) is 0 Å². The quantitative estimate of drug-likeness (QED) is 0.234. The Morgan fingerprint density at radius 1 is 0.821 bits per heavy atom.